The summed E-state index contributed by atoms with van der Waals surface area (Å²) in [6.45, 7) is 30.8. The lowest BCUT2D eigenvalue weighted by molar-refractivity contribution is 0.118. The van der Waals surface area contributed by atoms with Crippen molar-refractivity contribution in [2.75, 3.05) is 52.9 Å². The smallest absolute Gasteiger partial charge is 0.0146 e. The molecule has 2 aliphatic rings. The van der Waals surface area contributed by atoms with Gasteiger partial charge < -0.3 is 14.7 Å². The van der Waals surface area contributed by atoms with Crippen molar-refractivity contribution in [3.63, 3.8) is 0 Å². The largest absolute Gasteiger partial charge is 0.304 e. The Morgan fingerprint density at radius 1 is 0.789 bits per heavy atom. The summed E-state index contributed by atoms with van der Waals surface area (Å²) in [7, 11) is 2.31. The molecule has 0 aliphatic carbocycles. The lowest BCUT2D eigenvalue weighted by Gasteiger charge is -2.37. The van der Waals surface area contributed by atoms with Gasteiger partial charge in [0.2, 0.25) is 0 Å². The Balaban J connectivity index is 0. The number of nitrogens with zero attached hydrogens (tertiary/aromatic N) is 3. The molecule has 0 amide bonds. The van der Waals surface area contributed by atoms with Crippen molar-refractivity contribution in [2.24, 2.45) is 17.8 Å². The zero-order chi connectivity index (χ0) is 29.2. The van der Waals surface area contributed by atoms with Crippen molar-refractivity contribution in [3.05, 3.63) is 0 Å². The van der Waals surface area contributed by atoms with Gasteiger partial charge in [-0.3, -0.25) is 0 Å². The first-order valence-corrected chi connectivity index (χ1v) is 16.9. The summed E-state index contributed by atoms with van der Waals surface area (Å²) in [6.07, 6.45) is 14.8. The van der Waals surface area contributed by atoms with E-state index in [0.29, 0.717) is 5.92 Å². The highest BCUT2D eigenvalue weighted by molar-refractivity contribution is 5.01. The zero-order valence-corrected chi connectivity index (χ0v) is 28.4. The Morgan fingerprint density at radius 2 is 1.34 bits per heavy atom. The van der Waals surface area contributed by atoms with Crippen molar-refractivity contribution >= 4 is 0 Å². The molecule has 0 radical (unpaired) electrons. The molecular formula is C35H73N3. The molecule has 0 atom stereocenters. The number of unbranched alkanes of at least 4 members (excludes halogenated alkanes) is 3. The number of piperidine rings is 2. The average Bonchev–Trinajstić information content (AvgIpc) is 2.91. The molecule has 2 heterocycles. The second kappa shape index (κ2) is 28.0. The van der Waals surface area contributed by atoms with Gasteiger partial charge in [0, 0.05) is 24.9 Å². The van der Waals surface area contributed by atoms with E-state index in [1.54, 1.807) is 0 Å². The predicted molar refractivity (Wildman–Crippen MR) is 175 cm³/mol. The second-order valence-electron chi connectivity index (χ2n) is 12.1. The van der Waals surface area contributed by atoms with E-state index >= 15 is 0 Å². The summed E-state index contributed by atoms with van der Waals surface area (Å²) in [5.41, 5.74) is 0. The molecule has 2 fully saturated rings. The van der Waals surface area contributed by atoms with Crippen molar-refractivity contribution < 1.29 is 0 Å². The molecular weight excluding hydrogens is 462 g/mol. The predicted octanol–water partition coefficient (Wildman–Crippen LogP) is 9.22. The molecule has 2 saturated heterocycles. The molecule has 0 spiro atoms. The Kier molecular flexibility index (Phi) is 29.2. The lowest BCUT2D eigenvalue weighted by Crippen LogP contribution is -2.44. The van der Waals surface area contributed by atoms with E-state index in [-0.39, 0.29) is 0 Å². The molecule has 228 valence electrons. The van der Waals surface area contributed by atoms with Gasteiger partial charge in [-0.15, -0.1) is 11.8 Å². The van der Waals surface area contributed by atoms with E-state index < -0.39 is 0 Å². The van der Waals surface area contributed by atoms with Crippen LogP contribution in [0, 0.1) is 29.6 Å². The maximum atomic E-state index is 3.29. The van der Waals surface area contributed by atoms with Crippen LogP contribution in [-0.4, -0.2) is 73.6 Å². The summed E-state index contributed by atoms with van der Waals surface area (Å²) in [5.74, 6) is 8.81. The fraction of sp³-hybridized carbons (Fsp3) is 0.943. The molecule has 0 N–H and O–H groups in total. The van der Waals surface area contributed by atoms with Crippen LogP contribution in [0.3, 0.4) is 0 Å². The van der Waals surface area contributed by atoms with Crippen molar-refractivity contribution in [2.45, 2.75) is 146 Å². The normalized spacial score (nSPS) is 17.1. The van der Waals surface area contributed by atoms with Gasteiger partial charge in [-0.1, -0.05) is 94.9 Å². The zero-order valence-electron chi connectivity index (χ0n) is 28.4. The summed E-state index contributed by atoms with van der Waals surface area (Å²) in [4.78, 5) is 7.81. The molecule has 0 saturated carbocycles. The first-order valence-electron chi connectivity index (χ1n) is 16.9. The van der Waals surface area contributed by atoms with E-state index in [4.69, 9.17) is 0 Å². The van der Waals surface area contributed by atoms with Gasteiger partial charge in [-0.05, 0) is 96.7 Å². The number of hydrogen-bond acceptors (Lipinski definition) is 3. The summed E-state index contributed by atoms with van der Waals surface area (Å²) in [6, 6.07) is 0.833. The molecule has 0 aromatic carbocycles. The first kappa shape index (κ1) is 39.6. The number of hydrogen-bond donors (Lipinski definition) is 0. The molecule has 0 aromatic heterocycles. The molecule has 2 aliphatic heterocycles. The third kappa shape index (κ3) is 23.3. The van der Waals surface area contributed by atoms with Crippen molar-refractivity contribution in [1.29, 1.82) is 0 Å². The molecule has 3 heteroatoms. The van der Waals surface area contributed by atoms with Gasteiger partial charge in [-0.25, -0.2) is 0 Å². The summed E-state index contributed by atoms with van der Waals surface area (Å²) < 4.78 is 0. The third-order valence-corrected chi connectivity index (χ3v) is 7.38. The summed E-state index contributed by atoms with van der Waals surface area (Å²) in [5, 5.41) is 0. The van der Waals surface area contributed by atoms with E-state index in [2.05, 4.69) is 89.0 Å². The van der Waals surface area contributed by atoms with Crippen LogP contribution in [0.4, 0.5) is 0 Å². The minimum Gasteiger partial charge on any atom is -0.304 e. The van der Waals surface area contributed by atoms with E-state index in [9.17, 15) is 0 Å². The molecule has 0 bridgehead atoms. The Hall–Kier alpha value is -0.560. The molecule has 3 nitrogen and oxygen atoms in total. The van der Waals surface area contributed by atoms with E-state index in [0.717, 1.165) is 24.3 Å². The second-order valence-corrected chi connectivity index (χ2v) is 12.1. The van der Waals surface area contributed by atoms with E-state index in [1.165, 1.54) is 110 Å². The lowest BCUT2D eigenvalue weighted by atomic mass is 9.92. The van der Waals surface area contributed by atoms with Gasteiger partial charge in [0.05, 0.1) is 0 Å². The Labute approximate surface area is 242 Å². The van der Waals surface area contributed by atoms with Crippen LogP contribution in [0.2, 0.25) is 0 Å². The maximum absolute atomic E-state index is 3.29. The van der Waals surface area contributed by atoms with Crippen molar-refractivity contribution in [3.8, 4) is 11.8 Å². The maximum Gasteiger partial charge on any atom is 0.0146 e. The summed E-state index contributed by atoms with van der Waals surface area (Å²) >= 11 is 0. The van der Waals surface area contributed by atoms with Gasteiger partial charge in [-0.2, -0.15) is 0 Å². The van der Waals surface area contributed by atoms with Gasteiger partial charge in [0.25, 0.3) is 0 Å². The van der Waals surface area contributed by atoms with Gasteiger partial charge in [0.15, 0.2) is 0 Å². The Morgan fingerprint density at radius 3 is 1.82 bits per heavy atom. The van der Waals surface area contributed by atoms with Crippen molar-refractivity contribution in [1.82, 2.24) is 14.7 Å². The standard InChI is InChI=1S/C16H34N2.C14H25N.C3H8.C2H6/c1-5-6-7-8-11-18-12-9-16(10-13-18)17(4)14-15(2)3;1-4-15-11-9-14(10-12-15)8-6-5-7-13(2)3;1-3-2;1-2/h15-16H,5-14H2,1-4H3;13-14H,4,6,8-12H2,1-3H3;3H2,1-2H3;1-2H3. The molecule has 0 unspecified atom stereocenters. The minimum atomic E-state index is 0.534. The number of likely N-dealkylation sites (tertiary alicyclic amines) is 2. The highest BCUT2D eigenvalue weighted by atomic mass is 15.2. The van der Waals surface area contributed by atoms with Crippen LogP contribution in [-0.2, 0) is 0 Å². The van der Waals surface area contributed by atoms with Crippen LogP contribution >= 0.6 is 0 Å². The van der Waals surface area contributed by atoms with Gasteiger partial charge >= 0.3 is 0 Å². The third-order valence-electron chi connectivity index (χ3n) is 7.38. The van der Waals surface area contributed by atoms with Crippen LogP contribution in [0.5, 0.6) is 0 Å². The molecule has 38 heavy (non-hydrogen) atoms. The number of rotatable bonds is 11. The van der Waals surface area contributed by atoms with Crippen LogP contribution in [0.15, 0.2) is 0 Å². The monoisotopic (exact) mass is 536 g/mol. The highest BCUT2D eigenvalue weighted by Gasteiger charge is 2.22. The Bertz CT molecular complexity index is 517. The van der Waals surface area contributed by atoms with Crippen LogP contribution < -0.4 is 0 Å². The van der Waals surface area contributed by atoms with Crippen LogP contribution in [0.25, 0.3) is 0 Å². The molecule has 2 rings (SSSR count). The molecule has 0 aromatic rings. The highest BCUT2D eigenvalue weighted by Crippen LogP contribution is 2.21. The topological polar surface area (TPSA) is 9.72 Å². The fourth-order valence-electron chi connectivity index (χ4n) is 5.21. The average molecular weight is 536 g/mol. The van der Waals surface area contributed by atoms with Crippen LogP contribution in [0.1, 0.15) is 140 Å². The van der Waals surface area contributed by atoms with Gasteiger partial charge in [0.1, 0.15) is 0 Å². The quantitative estimate of drug-likeness (QED) is 0.193. The minimum absolute atomic E-state index is 0.534. The SMILES string of the molecule is CC.CCC.CCCCCCN1CCC(N(C)CC(C)C)CC1.CCN1CCC(CCC#CC(C)C)CC1. The van der Waals surface area contributed by atoms with E-state index in [1.807, 2.05) is 13.8 Å². The fourth-order valence-corrected chi connectivity index (χ4v) is 5.21. The first-order chi connectivity index (χ1) is 18.3.